The highest BCUT2D eigenvalue weighted by molar-refractivity contribution is 5.82. The van der Waals surface area contributed by atoms with E-state index < -0.39 is 12.0 Å². The van der Waals surface area contributed by atoms with Crippen LogP contribution in [0.4, 0.5) is 0 Å². The molecule has 0 bridgehead atoms. The molecular weight excluding hydrogens is 196 g/mol. The van der Waals surface area contributed by atoms with Crippen molar-refractivity contribution in [1.82, 2.24) is 5.32 Å². The summed E-state index contributed by atoms with van der Waals surface area (Å²) in [5.41, 5.74) is 5.53. The fourth-order valence-corrected chi connectivity index (χ4v) is 1.10. The molecule has 5 heteroatoms. The Morgan fingerprint density at radius 3 is 2.60 bits per heavy atom. The third-order valence-corrected chi connectivity index (χ3v) is 2.02. The molecule has 0 saturated heterocycles. The minimum atomic E-state index is -0.931. The number of aliphatic carboxylic acids is 1. The zero-order chi connectivity index (χ0) is 11.8. The molecule has 0 aromatic rings. The van der Waals surface area contributed by atoms with Gasteiger partial charge in [0.25, 0.3) is 0 Å². The lowest BCUT2D eigenvalue weighted by atomic mass is 10.1. The monoisotopic (exact) mass is 214 g/mol. The fraction of sp³-hybridized carbons (Fsp3) is 0.600. The first-order valence-electron chi connectivity index (χ1n) is 4.89. The van der Waals surface area contributed by atoms with E-state index in [0.717, 1.165) is 0 Å². The number of amides is 1. The predicted octanol–water partition coefficient (Wildman–Crippen LogP) is 0.259. The maximum absolute atomic E-state index is 11.4. The Kier molecular flexibility index (Phi) is 6.37. The quantitative estimate of drug-likeness (QED) is 0.530. The van der Waals surface area contributed by atoms with Crippen LogP contribution in [0.5, 0.6) is 0 Å². The Balaban J connectivity index is 4.10. The van der Waals surface area contributed by atoms with Gasteiger partial charge in [-0.05, 0) is 12.8 Å². The number of hydrogen-bond donors (Lipinski definition) is 3. The zero-order valence-corrected chi connectivity index (χ0v) is 8.90. The van der Waals surface area contributed by atoms with E-state index in [-0.39, 0.29) is 18.4 Å². The number of hydrogen-bond acceptors (Lipinski definition) is 3. The summed E-state index contributed by atoms with van der Waals surface area (Å²) < 4.78 is 0. The minimum Gasteiger partial charge on any atom is -0.481 e. The smallest absolute Gasteiger partial charge is 0.305 e. The number of carbonyl (C=O) groups is 2. The molecule has 0 aromatic carbocycles. The first-order valence-corrected chi connectivity index (χ1v) is 4.89. The van der Waals surface area contributed by atoms with Crippen LogP contribution in [0.25, 0.3) is 0 Å². The standard InChI is InChI=1S/C10H18N2O3/c1-3-5-8(11)10(15)12-7(4-2)6-9(13)14/h3,7-8H,1,4-6,11H2,2H3,(H,12,15)(H,13,14). The van der Waals surface area contributed by atoms with Crippen LogP contribution in [0.2, 0.25) is 0 Å². The maximum atomic E-state index is 11.4. The van der Waals surface area contributed by atoms with E-state index >= 15 is 0 Å². The largest absolute Gasteiger partial charge is 0.481 e. The van der Waals surface area contributed by atoms with Gasteiger partial charge in [0.15, 0.2) is 0 Å². The molecular formula is C10H18N2O3. The highest BCUT2D eigenvalue weighted by Gasteiger charge is 2.17. The number of carboxylic acids is 1. The van der Waals surface area contributed by atoms with Crippen molar-refractivity contribution in [1.29, 1.82) is 0 Å². The van der Waals surface area contributed by atoms with Gasteiger partial charge in [-0.2, -0.15) is 0 Å². The molecule has 86 valence electrons. The molecule has 0 spiro atoms. The van der Waals surface area contributed by atoms with E-state index in [2.05, 4.69) is 11.9 Å². The number of carbonyl (C=O) groups excluding carboxylic acids is 1. The molecule has 2 atom stereocenters. The molecule has 0 aromatic heterocycles. The third-order valence-electron chi connectivity index (χ3n) is 2.02. The minimum absolute atomic E-state index is 0.0803. The van der Waals surface area contributed by atoms with Crippen molar-refractivity contribution in [3.63, 3.8) is 0 Å². The molecule has 4 N–H and O–H groups in total. The Morgan fingerprint density at radius 1 is 1.60 bits per heavy atom. The van der Waals surface area contributed by atoms with Crippen LogP contribution in [-0.2, 0) is 9.59 Å². The second-order valence-electron chi connectivity index (χ2n) is 3.34. The van der Waals surface area contributed by atoms with Gasteiger partial charge in [-0.15, -0.1) is 6.58 Å². The highest BCUT2D eigenvalue weighted by atomic mass is 16.4. The average Bonchev–Trinajstić information content (AvgIpc) is 2.16. The van der Waals surface area contributed by atoms with Crippen LogP contribution in [0.15, 0.2) is 12.7 Å². The van der Waals surface area contributed by atoms with Crippen molar-refractivity contribution >= 4 is 11.9 Å². The van der Waals surface area contributed by atoms with Crippen LogP contribution < -0.4 is 11.1 Å². The summed E-state index contributed by atoms with van der Waals surface area (Å²) in [5, 5.41) is 11.2. The summed E-state index contributed by atoms with van der Waals surface area (Å²) in [6.07, 6.45) is 2.43. The second kappa shape index (κ2) is 7.00. The van der Waals surface area contributed by atoms with Crippen molar-refractivity contribution in [2.24, 2.45) is 5.73 Å². The molecule has 0 aliphatic heterocycles. The van der Waals surface area contributed by atoms with Crippen molar-refractivity contribution in [3.8, 4) is 0 Å². The van der Waals surface area contributed by atoms with Crippen LogP contribution in [0.1, 0.15) is 26.2 Å². The molecule has 0 aliphatic rings. The molecule has 0 radical (unpaired) electrons. The molecule has 2 unspecified atom stereocenters. The van der Waals surface area contributed by atoms with Crippen LogP contribution >= 0.6 is 0 Å². The van der Waals surface area contributed by atoms with Gasteiger partial charge in [-0.1, -0.05) is 13.0 Å². The molecule has 0 fully saturated rings. The van der Waals surface area contributed by atoms with Gasteiger partial charge in [0.2, 0.25) is 5.91 Å². The summed E-state index contributed by atoms with van der Waals surface area (Å²) in [7, 11) is 0. The fourth-order valence-electron chi connectivity index (χ4n) is 1.10. The number of nitrogens with one attached hydrogen (secondary N) is 1. The van der Waals surface area contributed by atoms with Gasteiger partial charge >= 0.3 is 5.97 Å². The molecule has 1 amide bonds. The van der Waals surface area contributed by atoms with Crippen molar-refractivity contribution in [2.75, 3.05) is 0 Å². The molecule has 0 rings (SSSR count). The van der Waals surface area contributed by atoms with E-state index in [4.69, 9.17) is 10.8 Å². The zero-order valence-electron chi connectivity index (χ0n) is 8.90. The molecule has 0 saturated carbocycles. The SMILES string of the molecule is C=CCC(N)C(=O)NC(CC)CC(=O)O. The van der Waals surface area contributed by atoms with Gasteiger partial charge in [0, 0.05) is 6.04 Å². The lowest BCUT2D eigenvalue weighted by Gasteiger charge is -2.17. The Labute approximate surface area is 89.3 Å². The number of carboxylic acid groups (broad SMARTS) is 1. The van der Waals surface area contributed by atoms with E-state index in [1.54, 1.807) is 6.08 Å². The summed E-state index contributed by atoms with van der Waals surface area (Å²) in [4.78, 5) is 21.9. The lowest BCUT2D eigenvalue weighted by Crippen LogP contribution is -2.45. The van der Waals surface area contributed by atoms with Gasteiger partial charge in [0.1, 0.15) is 0 Å². The molecule has 15 heavy (non-hydrogen) atoms. The first kappa shape index (κ1) is 13.6. The van der Waals surface area contributed by atoms with E-state index in [1.807, 2.05) is 6.92 Å². The van der Waals surface area contributed by atoms with E-state index in [0.29, 0.717) is 12.8 Å². The summed E-state index contributed by atoms with van der Waals surface area (Å²) >= 11 is 0. The maximum Gasteiger partial charge on any atom is 0.305 e. The normalized spacial score (nSPS) is 14.0. The average molecular weight is 214 g/mol. The lowest BCUT2D eigenvalue weighted by molar-refractivity contribution is -0.137. The van der Waals surface area contributed by atoms with Crippen molar-refractivity contribution in [2.45, 2.75) is 38.3 Å². The van der Waals surface area contributed by atoms with Crippen molar-refractivity contribution in [3.05, 3.63) is 12.7 Å². The molecule has 0 heterocycles. The Morgan fingerprint density at radius 2 is 2.20 bits per heavy atom. The summed E-state index contributed by atoms with van der Waals surface area (Å²) in [5.74, 6) is -1.26. The summed E-state index contributed by atoms with van der Waals surface area (Å²) in [6.45, 7) is 5.29. The number of rotatable bonds is 7. The Hall–Kier alpha value is -1.36. The predicted molar refractivity (Wildman–Crippen MR) is 57.3 cm³/mol. The van der Waals surface area contributed by atoms with Crippen LogP contribution in [0, 0.1) is 0 Å². The van der Waals surface area contributed by atoms with Gasteiger partial charge < -0.3 is 16.2 Å². The third kappa shape index (κ3) is 5.85. The molecule has 0 aliphatic carbocycles. The van der Waals surface area contributed by atoms with E-state index in [9.17, 15) is 9.59 Å². The van der Waals surface area contributed by atoms with Crippen molar-refractivity contribution < 1.29 is 14.7 Å². The van der Waals surface area contributed by atoms with Crippen LogP contribution in [-0.4, -0.2) is 29.1 Å². The topological polar surface area (TPSA) is 92.4 Å². The second-order valence-corrected chi connectivity index (χ2v) is 3.34. The van der Waals surface area contributed by atoms with Gasteiger partial charge in [0.05, 0.1) is 12.5 Å². The Bertz CT molecular complexity index is 241. The number of nitrogens with two attached hydrogens (primary N) is 1. The van der Waals surface area contributed by atoms with Gasteiger partial charge in [-0.3, -0.25) is 9.59 Å². The summed E-state index contributed by atoms with van der Waals surface area (Å²) in [6, 6.07) is -1.00. The van der Waals surface area contributed by atoms with Crippen LogP contribution in [0.3, 0.4) is 0 Å². The molecule has 5 nitrogen and oxygen atoms in total. The first-order chi connectivity index (χ1) is 7.01. The van der Waals surface area contributed by atoms with Gasteiger partial charge in [-0.25, -0.2) is 0 Å². The van der Waals surface area contributed by atoms with E-state index in [1.165, 1.54) is 0 Å². The highest BCUT2D eigenvalue weighted by Crippen LogP contribution is 1.99.